The summed E-state index contributed by atoms with van der Waals surface area (Å²) in [6.07, 6.45) is 5.41. The SMILES string of the molecule is O=C(Cc1ccc2c(c1)OCO2)NC(CO)C(=O)NC1CCCCC1. The van der Waals surface area contributed by atoms with E-state index in [9.17, 15) is 14.7 Å². The maximum Gasteiger partial charge on any atom is 0.245 e. The van der Waals surface area contributed by atoms with Gasteiger partial charge in [0.05, 0.1) is 13.0 Å². The Morgan fingerprint density at radius 2 is 1.92 bits per heavy atom. The number of hydrogen-bond acceptors (Lipinski definition) is 5. The second-order valence-electron chi connectivity index (χ2n) is 6.51. The normalized spacial score (nSPS) is 17.8. The summed E-state index contributed by atoms with van der Waals surface area (Å²) in [6.45, 7) is -0.246. The number of carbonyl (C=O) groups excluding carboxylic acids is 2. The number of aliphatic hydroxyl groups is 1. The zero-order valence-electron chi connectivity index (χ0n) is 14.1. The van der Waals surface area contributed by atoms with Gasteiger partial charge in [-0.3, -0.25) is 9.59 Å². The third-order valence-electron chi connectivity index (χ3n) is 4.59. The van der Waals surface area contributed by atoms with Gasteiger partial charge in [-0.15, -0.1) is 0 Å². The van der Waals surface area contributed by atoms with E-state index in [-0.39, 0.29) is 31.1 Å². The van der Waals surface area contributed by atoms with Crippen LogP contribution in [-0.4, -0.2) is 42.4 Å². The monoisotopic (exact) mass is 348 g/mol. The predicted octanol–water partition coefficient (Wildman–Crippen LogP) is 0.884. The lowest BCUT2D eigenvalue weighted by Crippen LogP contribution is -2.52. The lowest BCUT2D eigenvalue weighted by Gasteiger charge is -2.25. The first-order chi connectivity index (χ1) is 12.2. The van der Waals surface area contributed by atoms with Crippen molar-refractivity contribution in [3.05, 3.63) is 23.8 Å². The average Bonchev–Trinajstić information content (AvgIpc) is 3.08. The number of aliphatic hydroxyl groups excluding tert-OH is 1. The van der Waals surface area contributed by atoms with Crippen LogP contribution >= 0.6 is 0 Å². The minimum atomic E-state index is -0.927. The molecule has 1 aromatic carbocycles. The molecule has 0 radical (unpaired) electrons. The van der Waals surface area contributed by atoms with Gasteiger partial charge >= 0.3 is 0 Å². The van der Waals surface area contributed by atoms with Crippen LogP contribution in [-0.2, 0) is 16.0 Å². The highest BCUT2D eigenvalue weighted by Crippen LogP contribution is 2.32. The molecule has 7 nitrogen and oxygen atoms in total. The fourth-order valence-electron chi connectivity index (χ4n) is 3.22. The molecule has 7 heteroatoms. The third kappa shape index (κ3) is 4.63. The third-order valence-corrected chi connectivity index (χ3v) is 4.59. The molecular weight excluding hydrogens is 324 g/mol. The average molecular weight is 348 g/mol. The van der Waals surface area contributed by atoms with Crippen LogP contribution in [0.25, 0.3) is 0 Å². The van der Waals surface area contributed by atoms with Gasteiger partial charge in [-0.1, -0.05) is 25.3 Å². The summed E-state index contributed by atoms with van der Waals surface area (Å²) < 4.78 is 10.5. The zero-order valence-corrected chi connectivity index (χ0v) is 14.1. The fourth-order valence-corrected chi connectivity index (χ4v) is 3.22. The van der Waals surface area contributed by atoms with Crippen LogP contribution < -0.4 is 20.1 Å². The van der Waals surface area contributed by atoms with Crippen LogP contribution in [0.4, 0.5) is 0 Å². The minimum Gasteiger partial charge on any atom is -0.454 e. The van der Waals surface area contributed by atoms with Gasteiger partial charge in [0.1, 0.15) is 6.04 Å². The van der Waals surface area contributed by atoms with Gasteiger partial charge in [-0.2, -0.15) is 0 Å². The number of carbonyl (C=O) groups is 2. The molecule has 136 valence electrons. The first-order valence-corrected chi connectivity index (χ1v) is 8.75. The van der Waals surface area contributed by atoms with E-state index in [2.05, 4.69) is 10.6 Å². The molecule has 0 spiro atoms. The van der Waals surface area contributed by atoms with Crippen LogP contribution in [0.3, 0.4) is 0 Å². The van der Waals surface area contributed by atoms with Crippen molar-refractivity contribution in [1.29, 1.82) is 0 Å². The first kappa shape index (κ1) is 17.5. The summed E-state index contributed by atoms with van der Waals surface area (Å²) in [6, 6.07) is 4.50. The van der Waals surface area contributed by atoms with Gasteiger partial charge in [0.2, 0.25) is 18.6 Å². The number of nitrogens with one attached hydrogen (secondary N) is 2. The summed E-state index contributed by atoms with van der Waals surface area (Å²) in [7, 11) is 0. The Balaban J connectivity index is 1.51. The number of hydrogen-bond donors (Lipinski definition) is 3. The summed E-state index contributed by atoms with van der Waals surface area (Å²) >= 11 is 0. The molecule has 3 rings (SSSR count). The Kier molecular flexibility index (Phi) is 5.75. The van der Waals surface area contributed by atoms with E-state index in [1.165, 1.54) is 6.42 Å². The quantitative estimate of drug-likeness (QED) is 0.709. The summed E-state index contributed by atoms with van der Waals surface area (Å²) in [5, 5.41) is 15.0. The van der Waals surface area contributed by atoms with Crippen molar-refractivity contribution < 1.29 is 24.2 Å². The Labute approximate surface area is 146 Å². The van der Waals surface area contributed by atoms with Crippen molar-refractivity contribution >= 4 is 11.8 Å². The van der Waals surface area contributed by atoms with Crippen molar-refractivity contribution in [1.82, 2.24) is 10.6 Å². The van der Waals surface area contributed by atoms with E-state index in [1.54, 1.807) is 18.2 Å². The largest absolute Gasteiger partial charge is 0.454 e. The lowest BCUT2D eigenvalue weighted by atomic mass is 9.95. The van der Waals surface area contributed by atoms with Crippen LogP contribution in [0.15, 0.2) is 18.2 Å². The van der Waals surface area contributed by atoms with Gasteiger partial charge < -0.3 is 25.2 Å². The van der Waals surface area contributed by atoms with Crippen molar-refractivity contribution in [2.75, 3.05) is 13.4 Å². The molecule has 0 bridgehead atoms. The molecule has 2 amide bonds. The Morgan fingerprint density at radius 1 is 1.16 bits per heavy atom. The van der Waals surface area contributed by atoms with E-state index in [4.69, 9.17) is 9.47 Å². The maximum atomic E-state index is 12.3. The van der Waals surface area contributed by atoms with E-state index in [0.29, 0.717) is 11.5 Å². The zero-order chi connectivity index (χ0) is 17.6. The van der Waals surface area contributed by atoms with E-state index < -0.39 is 12.6 Å². The molecule has 1 atom stereocenters. The molecule has 25 heavy (non-hydrogen) atoms. The molecule has 1 heterocycles. The molecule has 1 fully saturated rings. The molecule has 3 N–H and O–H groups in total. The highest BCUT2D eigenvalue weighted by Gasteiger charge is 2.24. The van der Waals surface area contributed by atoms with Gasteiger partial charge in [0.25, 0.3) is 0 Å². The van der Waals surface area contributed by atoms with Crippen molar-refractivity contribution in [3.8, 4) is 11.5 Å². The van der Waals surface area contributed by atoms with Crippen LogP contribution in [0.5, 0.6) is 11.5 Å². The summed E-state index contributed by atoms with van der Waals surface area (Å²) in [5.41, 5.74) is 0.756. The van der Waals surface area contributed by atoms with Gasteiger partial charge in [-0.05, 0) is 30.5 Å². The first-order valence-electron chi connectivity index (χ1n) is 8.75. The van der Waals surface area contributed by atoms with Gasteiger partial charge in [0.15, 0.2) is 11.5 Å². The van der Waals surface area contributed by atoms with Crippen molar-refractivity contribution in [2.45, 2.75) is 50.6 Å². The number of benzene rings is 1. The Hall–Kier alpha value is -2.28. The van der Waals surface area contributed by atoms with Crippen LogP contribution in [0.1, 0.15) is 37.7 Å². The van der Waals surface area contributed by atoms with Crippen LogP contribution in [0.2, 0.25) is 0 Å². The van der Waals surface area contributed by atoms with Gasteiger partial charge in [0, 0.05) is 6.04 Å². The number of rotatable bonds is 6. The van der Waals surface area contributed by atoms with E-state index >= 15 is 0 Å². The molecule has 1 aliphatic heterocycles. The molecule has 0 saturated heterocycles. The fraction of sp³-hybridized carbons (Fsp3) is 0.556. The molecule has 1 unspecified atom stereocenters. The molecule has 1 saturated carbocycles. The van der Waals surface area contributed by atoms with E-state index in [1.807, 2.05) is 0 Å². The topological polar surface area (TPSA) is 96.9 Å². The molecular formula is C18H24N2O5. The standard InChI is InChI=1S/C18H24N2O5/c21-10-14(18(23)19-13-4-2-1-3-5-13)20-17(22)9-12-6-7-15-16(8-12)25-11-24-15/h6-8,13-14,21H,1-5,9-11H2,(H,19,23)(H,20,22). The van der Waals surface area contributed by atoms with Crippen LogP contribution in [0, 0.1) is 0 Å². The van der Waals surface area contributed by atoms with Crippen molar-refractivity contribution in [3.63, 3.8) is 0 Å². The lowest BCUT2D eigenvalue weighted by molar-refractivity contribution is -0.130. The second-order valence-corrected chi connectivity index (χ2v) is 6.51. The Morgan fingerprint density at radius 3 is 2.68 bits per heavy atom. The van der Waals surface area contributed by atoms with E-state index in [0.717, 1.165) is 31.2 Å². The number of amides is 2. The summed E-state index contributed by atoms with van der Waals surface area (Å²) in [5.74, 6) is 0.619. The van der Waals surface area contributed by atoms with Gasteiger partial charge in [-0.25, -0.2) is 0 Å². The number of fused-ring (bicyclic) bond motifs is 1. The highest BCUT2D eigenvalue weighted by atomic mass is 16.7. The molecule has 2 aliphatic rings. The maximum absolute atomic E-state index is 12.3. The van der Waals surface area contributed by atoms with Crippen molar-refractivity contribution in [2.24, 2.45) is 0 Å². The summed E-state index contributed by atoms with van der Waals surface area (Å²) in [4.78, 5) is 24.5. The highest BCUT2D eigenvalue weighted by molar-refractivity contribution is 5.88. The predicted molar refractivity (Wildman–Crippen MR) is 90.3 cm³/mol. The molecule has 1 aliphatic carbocycles. The minimum absolute atomic E-state index is 0.101. The molecule has 0 aromatic heterocycles. The second kappa shape index (κ2) is 8.20. The Bertz CT molecular complexity index is 628. The number of ether oxygens (including phenoxy) is 2. The molecule has 1 aromatic rings. The smallest absolute Gasteiger partial charge is 0.245 e.